The Kier molecular flexibility index (Phi) is 6.21. The average molecular weight is 358 g/mol. The maximum atomic E-state index is 11.4. The summed E-state index contributed by atoms with van der Waals surface area (Å²) in [7, 11) is 0. The second-order valence-electron chi connectivity index (χ2n) is 5.22. The number of hydrogen-bond donors (Lipinski definition) is 6. The molecule has 1 heterocycles. The number of benzene rings is 1. The molecule has 6 N–H and O–H groups in total. The minimum atomic E-state index is -1.57. The fourth-order valence-corrected chi connectivity index (χ4v) is 3.21. The first-order chi connectivity index (χ1) is 11.3. The molecule has 1 aromatic rings. The number of aliphatic carboxylic acids is 1. The van der Waals surface area contributed by atoms with E-state index >= 15 is 0 Å². The summed E-state index contributed by atoms with van der Waals surface area (Å²) >= 11 is 0.650. The molecule has 0 bridgehead atoms. The van der Waals surface area contributed by atoms with Crippen LogP contribution < -0.4 is 0 Å². The van der Waals surface area contributed by atoms with Crippen molar-refractivity contribution in [3.05, 3.63) is 34.7 Å². The number of carbonyl (C=O) groups is 1. The van der Waals surface area contributed by atoms with Gasteiger partial charge in [0.1, 0.15) is 35.6 Å². The van der Waals surface area contributed by atoms with Crippen LogP contribution in [0.4, 0.5) is 0 Å². The Hall–Kier alpha value is -1.62. The van der Waals surface area contributed by atoms with Gasteiger partial charge in [0.05, 0.1) is 11.5 Å². The SMILES string of the molecule is O=C(O)/C(=C\c1ccc(O)cc1)S[C@@H]1O[C@H](CO)[C@@H](O)[C@H](O)[C@H]1O. The van der Waals surface area contributed by atoms with Crippen LogP contribution in [0.15, 0.2) is 29.2 Å². The van der Waals surface area contributed by atoms with Crippen molar-refractivity contribution in [1.29, 1.82) is 0 Å². The van der Waals surface area contributed by atoms with Crippen molar-refractivity contribution in [2.45, 2.75) is 29.9 Å². The van der Waals surface area contributed by atoms with Crippen molar-refractivity contribution in [1.82, 2.24) is 0 Å². The van der Waals surface area contributed by atoms with E-state index in [9.17, 15) is 30.3 Å². The van der Waals surface area contributed by atoms with Gasteiger partial charge in [0.15, 0.2) is 0 Å². The number of aliphatic hydroxyl groups is 4. The van der Waals surface area contributed by atoms with Crippen molar-refractivity contribution in [2.75, 3.05) is 6.61 Å². The molecule has 0 aromatic heterocycles. The van der Waals surface area contributed by atoms with Gasteiger partial charge in [-0.05, 0) is 23.8 Å². The predicted molar refractivity (Wildman–Crippen MR) is 85.1 cm³/mol. The third kappa shape index (κ3) is 4.26. The Balaban J connectivity index is 2.20. The van der Waals surface area contributed by atoms with E-state index < -0.39 is 42.4 Å². The summed E-state index contributed by atoms with van der Waals surface area (Å²) in [6.45, 7) is -0.591. The van der Waals surface area contributed by atoms with Gasteiger partial charge in [0.2, 0.25) is 0 Å². The quantitative estimate of drug-likeness (QED) is 0.378. The van der Waals surface area contributed by atoms with E-state index in [1.54, 1.807) is 0 Å². The first kappa shape index (κ1) is 18.7. The van der Waals surface area contributed by atoms with Crippen molar-refractivity contribution < 1.29 is 40.2 Å². The molecule has 0 radical (unpaired) electrons. The smallest absolute Gasteiger partial charge is 0.342 e. The van der Waals surface area contributed by atoms with Crippen LogP contribution in [0.5, 0.6) is 5.75 Å². The molecule has 8 nitrogen and oxygen atoms in total. The lowest BCUT2D eigenvalue weighted by Gasteiger charge is -2.39. The Bertz CT molecular complexity index is 600. The highest BCUT2D eigenvalue weighted by molar-refractivity contribution is 8.04. The number of hydrogen-bond acceptors (Lipinski definition) is 8. The van der Waals surface area contributed by atoms with Crippen LogP contribution in [0.2, 0.25) is 0 Å². The van der Waals surface area contributed by atoms with Gasteiger partial charge < -0.3 is 35.4 Å². The fourth-order valence-electron chi connectivity index (χ4n) is 2.16. The standard InChI is InChI=1S/C15H18O8S/c16-6-9-11(18)12(19)13(20)15(23-9)24-10(14(21)22)5-7-1-3-8(17)4-2-7/h1-5,9,11-13,15-20H,6H2,(H,21,22)/b10-5+/t9-,11-,12+,13-,15+/m1/s1. The van der Waals surface area contributed by atoms with Gasteiger partial charge in [-0.25, -0.2) is 4.79 Å². The van der Waals surface area contributed by atoms with Crippen molar-refractivity contribution in [2.24, 2.45) is 0 Å². The van der Waals surface area contributed by atoms with Gasteiger partial charge in [-0.2, -0.15) is 0 Å². The first-order valence-electron chi connectivity index (χ1n) is 7.04. The summed E-state index contributed by atoms with van der Waals surface area (Å²) in [5.74, 6) is -1.24. The molecule has 1 aromatic carbocycles. The van der Waals surface area contributed by atoms with Crippen LogP contribution >= 0.6 is 11.8 Å². The normalized spacial score (nSPS) is 31.0. The molecule has 0 saturated carbocycles. The van der Waals surface area contributed by atoms with E-state index in [4.69, 9.17) is 9.84 Å². The molecule has 0 aliphatic carbocycles. The molecule has 1 saturated heterocycles. The fraction of sp³-hybridized carbons (Fsp3) is 0.400. The Labute approximate surface area is 141 Å². The zero-order valence-electron chi connectivity index (χ0n) is 12.4. The van der Waals surface area contributed by atoms with Crippen LogP contribution in [0.25, 0.3) is 6.08 Å². The van der Waals surface area contributed by atoms with E-state index in [1.165, 1.54) is 30.3 Å². The van der Waals surface area contributed by atoms with E-state index in [0.29, 0.717) is 17.3 Å². The molecule has 24 heavy (non-hydrogen) atoms. The van der Waals surface area contributed by atoms with Gasteiger partial charge in [0, 0.05) is 0 Å². The first-order valence-corrected chi connectivity index (χ1v) is 7.92. The number of thioether (sulfide) groups is 1. The Morgan fingerprint density at radius 3 is 2.29 bits per heavy atom. The molecule has 1 aliphatic heterocycles. The number of aliphatic hydroxyl groups excluding tert-OH is 4. The van der Waals surface area contributed by atoms with Gasteiger partial charge in [-0.1, -0.05) is 23.9 Å². The van der Waals surface area contributed by atoms with Crippen LogP contribution in [0, 0.1) is 0 Å². The molecule has 0 unspecified atom stereocenters. The molecule has 0 spiro atoms. The summed E-state index contributed by atoms with van der Waals surface area (Å²) in [4.78, 5) is 11.2. The van der Waals surface area contributed by atoms with E-state index in [0.717, 1.165) is 0 Å². The van der Waals surface area contributed by atoms with Gasteiger partial charge in [-0.3, -0.25) is 0 Å². The van der Waals surface area contributed by atoms with Crippen molar-refractivity contribution in [3.8, 4) is 5.75 Å². The summed E-state index contributed by atoms with van der Waals surface area (Å²) in [5.41, 5.74) is -0.678. The molecular formula is C15H18O8S. The zero-order valence-corrected chi connectivity index (χ0v) is 13.2. The second-order valence-corrected chi connectivity index (χ2v) is 6.36. The van der Waals surface area contributed by atoms with Crippen LogP contribution in [0.1, 0.15) is 5.56 Å². The summed E-state index contributed by atoms with van der Waals surface area (Å²) < 4.78 is 5.28. The number of phenolic OH excluding ortho intramolecular Hbond substituents is 1. The molecule has 132 valence electrons. The van der Waals surface area contributed by atoms with Crippen molar-refractivity contribution in [3.63, 3.8) is 0 Å². The number of phenols is 1. The molecule has 1 aliphatic rings. The summed E-state index contributed by atoms with van der Waals surface area (Å²) in [6, 6.07) is 5.80. The monoisotopic (exact) mass is 358 g/mol. The summed E-state index contributed by atoms with van der Waals surface area (Å²) in [5, 5.41) is 57.1. The number of aromatic hydroxyl groups is 1. The summed E-state index contributed by atoms with van der Waals surface area (Å²) in [6.07, 6.45) is -4.40. The molecule has 1 fully saturated rings. The van der Waals surface area contributed by atoms with Crippen LogP contribution in [0.3, 0.4) is 0 Å². The van der Waals surface area contributed by atoms with E-state index in [1.807, 2.05) is 0 Å². The minimum absolute atomic E-state index is 0.0330. The van der Waals surface area contributed by atoms with Gasteiger partial charge in [-0.15, -0.1) is 0 Å². The maximum Gasteiger partial charge on any atom is 0.342 e. The molecular weight excluding hydrogens is 340 g/mol. The highest BCUT2D eigenvalue weighted by Gasteiger charge is 2.44. The highest BCUT2D eigenvalue weighted by atomic mass is 32.2. The lowest BCUT2D eigenvalue weighted by atomic mass is 10.0. The minimum Gasteiger partial charge on any atom is -0.508 e. The average Bonchev–Trinajstić information content (AvgIpc) is 2.56. The predicted octanol–water partition coefficient (Wildman–Crippen LogP) is -0.649. The molecule has 2 rings (SSSR count). The number of carboxylic acid groups (broad SMARTS) is 1. The highest BCUT2D eigenvalue weighted by Crippen LogP contribution is 2.34. The van der Waals surface area contributed by atoms with Crippen LogP contribution in [-0.2, 0) is 9.53 Å². The Morgan fingerprint density at radius 1 is 1.12 bits per heavy atom. The lowest BCUT2D eigenvalue weighted by molar-refractivity contribution is -0.205. The Morgan fingerprint density at radius 2 is 1.75 bits per heavy atom. The topological polar surface area (TPSA) is 148 Å². The largest absolute Gasteiger partial charge is 0.508 e. The number of ether oxygens (including phenoxy) is 1. The second kappa shape index (κ2) is 7.97. The van der Waals surface area contributed by atoms with Crippen LogP contribution in [-0.4, -0.2) is 73.1 Å². The molecule has 0 amide bonds. The van der Waals surface area contributed by atoms with E-state index in [-0.39, 0.29) is 10.7 Å². The molecule has 9 heteroatoms. The zero-order chi connectivity index (χ0) is 17.9. The third-order valence-electron chi connectivity index (χ3n) is 3.49. The molecule has 5 atom stereocenters. The lowest BCUT2D eigenvalue weighted by Crippen LogP contribution is -2.57. The number of rotatable bonds is 5. The van der Waals surface area contributed by atoms with Crippen molar-refractivity contribution >= 4 is 23.8 Å². The third-order valence-corrected chi connectivity index (χ3v) is 4.66. The number of carboxylic acids is 1. The van der Waals surface area contributed by atoms with E-state index in [2.05, 4.69) is 0 Å². The van der Waals surface area contributed by atoms with Gasteiger partial charge >= 0.3 is 5.97 Å². The van der Waals surface area contributed by atoms with Gasteiger partial charge in [0.25, 0.3) is 0 Å². The maximum absolute atomic E-state index is 11.4.